The van der Waals surface area contributed by atoms with Crippen molar-refractivity contribution in [2.24, 2.45) is 5.92 Å². The smallest absolute Gasteiger partial charge is 0.243 e. The summed E-state index contributed by atoms with van der Waals surface area (Å²) in [4.78, 5) is 12.1. The van der Waals surface area contributed by atoms with E-state index in [4.69, 9.17) is 23.2 Å². The molecule has 2 aromatic rings. The molecule has 1 aliphatic heterocycles. The highest BCUT2D eigenvalue weighted by Gasteiger charge is 2.32. The molecule has 1 aliphatic rings. The number of anilines is 1. The Balaban J connectivity index is 1.63. The Bertz CT molecular complexity index is 1010. The molecule has 0 saturated carbocycles. The van der Waals surface area contributed by atoms with Gasteiger partial charge in [0.25, 0.3) is 0 Å². The second-order valence-corrected chi connectivity index (χ2v) is 9.12. The second kappa shape index (κ2) is 8.32. The summed E-state index contributed by atoms with van der Waals surface area (Å²) < 4.78 is 52.8. The van der Waals surface area contributed by atoms with Crippen LogP contribution in [0.5, 0.6) is 0 Å². The molecule has 10 heteroatoms. The fourth-order valence-corrected chi connectivity index (χ4v) is 4.74. The average molecular weight is 449 g/mol. The number of amides is 1. The van der Waals surface area contributed by atoms with E-state index in [-0.39, 0.29) is 29.8 Å². The van der Waals surface area contributed by atoms with Gasteiger partial charge in [0.15, 0.2) is 11.6 Å². The SMILES string of the molecule is O=C(Nc1ccc(Cl)c(Cl)c1)C1CCN(S(=O)(=O)c2ccc(F)c(F)c2)CC1. The molecular formula is C18H16Cl2F2N2O3S. The Morgan fingerprint density at radius 2 is 1.68 bits per heavy atom. The Morgan fingerprint density at radius 3 is 2.29 bits per heavy atom. The number of carbonyl (C=O) groups excluding carboxylic acids is 1. The van der Waals surface area contributed by atoms with Crippen LogP contribution < -0.4 is 5.32 Å². The molecular weight excluding hydrogens is 433 g/mol. The van der Waals surface area contributed by atoms with Crippen molar-refractivity contribution in [3.8, 4) is 0 Å². The summed E-state index contributed by atoms with van der Waals surface area (Å²) in [5, 5.41) is 3.42. The standard InChI is InChI=1S/C18H16Cl2F2N2O3S/c19-14-3-1-12(9-15(14)20)23-18(25)11-5-7-24(8-6-11)28(26,27)13-2-4-16(21)17(22)10-13/h1-4,9-11H,5-8H2,(H,23,25). The minimum Gasteiger partial charge on any atom is -0.326 e. The van der Waals surface area contributed by atoms with Gasteiger partial charge in [-0.15, -0.1) is 0 Å². The largest absolute Gasteiger partial charge is 0.326 e. The molecule has 1 fully saturated rings. The van der Waals surface area contributed by atoms with Crippen LogP contribution in [0.25, 0.3) is 0 Å². The van der Waals surface area contributed by atoms with Crippen molar-refractivity contribution in [1.82, 2.24) is 4.31 Å². The maximum absolute atomic E-state index is 13.4. The summed E-state index contributed by atoms with van der Waals surface area (Å²) >= 11 is 11.8. The van der Waals surface area contributed by atoms with Gasteiger partial charge in [-0.25, -0.2) is 17.2 Å². The number of rotatable bonds is 4. The van der Waals surface area contributed by atoms with E-state index in [9.17, 15) is 22.0 Å². The first-order chi connectivity index (χ1) is 13.2. The van der Waals surface area contributed by atoms with Crippen LogP contribution in [-0.2, 0) is 14.8 Å². The first kappa shape index (κ1) is 21.0. The number of hydrogen-bond donors (Lipinski definition) is 1. The first-order valence-corrected chi connectivity index (χ1v) is 10.6. The number of halogens is 4. The van der Waals surface area contributed by atoms with Gasteiger partial charge in [-0.05, 0) is 49.2 Å². The van der Waals surface area contributed by atoms with Gasteiger partial charge in [0.2, 0.25) is 15.9 Å². The summed E-state index contributed by atoms with van der Waals surface area (Å²) in [6, 6.07) is 7.18. The van der Waals surface area contributed by atoms with Crippen molar-refractivity contribution in [2.75, 3.05) is 18.4 Å². The molecule has 150 valence electrons. The van der Waals surface area contributed by atoms with Crippen molar-refractivity contribution in [3.63, 3.8) is 0 Å². The maximum atomic E-state index is 13.4. The zero-order valence-electron chi connectivity index (χ0n) is 14.5. The molecule has 0 unspecified atom stereocenters. The van der Waals surface area contributed by atoms with Crippen molar-refractivity contribution in [3.05, 3.63) is 58.1 Å². The summed E-state index contributed by atoms with van der Waals surface area (Å²) in [6.45, 7) is 0.196. The van der Waals surface area contributed by atoms with Crippen LogP contribution in [0.3, 0.4) is 0 Å². The highest BCUT2D eigenvalue weighted by Crippen LogP contribution is 2.28. The van der Waals surface area contributed by atoms with E-state index in [0.717, 1.165) is 12.1 Å². The molecule has 1 amide bonds. The summed E-state index contributed by atoms with van der Waals surface area (Å²) in [5.74, 6) is -2.97. The van der Waals surface area contributed by atoms with Crippen molar-refractivity contribution < 1.29 is 22.0 Å². The van der Waals surface area contributed by atoms with Crippen LogP contribution in [0.4, 0.5) is 14.5 Å². The highest BCUT2D eigenvalue weighted by atomic mass is 35.5. The van der Waals surface area contributed by atoms with Crippen molar-refractivity contribution in [2.45, 2.75) is 17.7 Å². The molecule has 1 heterocycles. The molecule has 0 aliphatic carbocycles. The lowest BCUT2D eigenvalue weighted by Crippen LogP contribution is -2.41. The topological polar surface area (TPSA) is 66.5 Å². The van der Waals surface area contributed by atoms with E-state index in [0.29, 0.717) is 34.6 Å². The van der Waals surface area contributed by atoms with E-state index >= 15 is 0 Å². The molecule has 2 aromatic carbocycles. The van der Waals surface area contributed by atoms with Crippen molar-refractivity contribution in [1.29, 1.82) is 0 Å². The zero-order chi connectivity index (χ0) is 20.5. The predicted octanol–water partition coefficient (Wildman–Crippen LogP) is 4.31. The fourth-order valence-electron chi connectivity index (χ4n) is 2.96. The number of piperidine rings is 1. The van der Waals surface area contributed by atoms with E-state index in [2.05, 4.69) is 5.32 Å². The minimum atomic E-state index is -3.96. The van der Waals surface area contributed by atoms with E-state index in [1.165, 1.54) is 10.4 Å². The third kappa shape index (κ3) is 4.46. The monoisotopic (exact) mass is 448 g/mol. The van der Waals surface area contributed by atoms with Crippen LogP contribution >= 0.6 is 23.2 Å². The van der Waals surface area contributed by atoms with Gasteiger partial charge in [-0.3, -0.25) is 4.79 Å². The van der Waals surface area contributed by atoms with Crippen LogP contribution in [0.15, 0.2) is 41.3 Å². The maximum Gasteiger partial charge on any atom is 0.243 e. The lowest BCUT2D eigenvalue weighted by atomic mass is 9.97. The molecule has 5 nitrogen and oxygen atoms in total. The number of benzene rings is 2. The van der Waals surface area contributed by atoms with Gasteiger partial charge < -0.3 is 5.32 Å². The lowest BCUT2D eigenvalue weighted by Gasteiger charge is -2.30. The molecule has 0 bridgehead atoms. The van der Waals surface area contributed by atoms with Gasteiger partial charge >= 0.3 is 0 Å². The minimum absolute atomic E-state index is 0.0980. The molecule has 0 radical (unpaired) electrons. The quantitative estimate of drug-likeness (QED) is 0.757. The van der Waals surface area contributed by atoms with Crippen molar-refractivity contribution >= 4 is 44.8 Å². The van der Waals surface area contributed by atoms with Crippen LogP contribution in [0.2, 0.25) is 10.0 Å². The summed E-state index contributed by atoms with van der Waals surface area (Å²) in [6.07, 6.45) is 0.603. The Kier molecular flexibility index (Phi) is 6.24. The number of nitrogens with one attached hydrogen (secondary N) is 1. The van der Waals surface area contributed by atoms with E-state index < -0.39 is 21.7 Å². The summed E-state index contributed by atoms with van der Waals surface area (Å²) in [7, 11) is -3.96. The highest BCUT2D eigenvalue weighted by molar-refractivity contribution is 7.89. The number of hydrogen-bond acceptors (Lipinski definition) is 3. The van der Waals surface area contributed by atoms with Gasteiger partial charge in [0, 0.05) is 24.7 Å². The Labute approximate surface area is 171 Å². The molecule has 0 aromatic heterocycles. The van der Waals surface area contributed by atoms with Crippen LogP contribution in [-0.4, -0.2) is 31.7 Å². The van der Waals surface area contributed by atoms with E-state index in [1.54, 1.807) is 12.1 Å². The fraction of sp³-hybridized carbons (Fsp3) is 0.278. The van der Waals surface area contributed by atoms with Gasteiger partial charge in [-0.1, -0.05) is 23.2 Å². The predicted molar refractivity (Wildman–Crippen MR) is 103 cm³/mol. The summed E-state index contributed by atoms with van der Waals surface area (Å²) in [5.41, 5.74) is 0.497. The van der Waals surface area contributed by atoms with E-state index in [1.807, 2.05) is 0 Å². The third-order valence-electron chi connectivity index (χ3n) is 4.54. The average Bonchev–Trinajstić information content (AvgIpc) is 2.67. The van der Waals surface area contributed by atoms with Gasteiger partial charge in [-0.2, -0.15) is 4.31 Å². The molecule has 0 atom stereocenters. The lowest BCUT2D eigenvalue weighted by molar-refractivity contribution is -0.120. The van der Waals surface area contributed by atoms with Gasteiger partial charge in [0.1, 0.15) is 0 Å². The normalized spacial score (nSPS) is 16.1. The molecule has 1 saturated heterocycles. The van der Waals surface area contributed by atoms with Crippen LogP contribution in [0.1, 0.15) is 12.8 Å². The molecule has 0 spiro atoms. The third-order valence-corrected chi connectivity index (χ3v) is 7.17. The number of nitrogens with zero attached hydrogens (tertiary/aromatic N) is 1. The van der Waals surface area contributed by atoms with Gasteiger partial charge in [0.05, 0.1) is 14.9 Å². The number of carbonyl (C=O) groups is 1. The molecule has 3 rings (SSSR count). The second-order valence-electron chi connectivity index (χ2n) is 6.37. The Morgan fingerprint density at radius 1 is 1.00 bits per heavy atom. The molecule has 28 heavy (non-hydrogen) atoms. The Hall–Kier alpha value is -1.74. The molecule has 1 N–H and O–H groups in total. The number of sulfonamides is 1. The zero-order valence-corrected chi connectivity index (χ0v) is 16.8. The first-order valence-electron chi connectivity index (χ1n) is 8.39. The van der Waals surface area contributed by atoms with Crippen LogP contribution in [0, 0.1) is 17.6 Å².